The van der Waals surface area contributed by atoms with Crippen molar-refractivity contribution in [2.24, 2.45) is 7.05 Å². The van der Waals surface area contributed by atoms with Crippen LogP contribution in [0.4, 0.5) is 5.69 Å². The Labute approximate surface area is 197 Å². The number of nitrogens with one attached hydrogen (secondary N) is 1. The summed E-state index contributed by atoms with van der Waals surface area (Å²) in [6.07, 6.45) is 0.693. The molecule has 2 aromatic heterocycles. The molecule has 1 aliphatic carbocycles. The van der Waals surface area contributed by atoms with Crippen LogP contribution in [0.1, 0.15) is 42.5 Å². The van der Waals surface area contributed by atoms with Crippen LogP contribution in [0, 0.1) is 0 Å². The van der Waals surface area contributed by atoms with E-state index in [4.69, 9.17) is 0 Å². The first kappa shape index (κ1) is 21.3. The van der Waals surface area contributed by atoms with Gasteiger partial charge >= 0.3 is 0 Å². The van der Waals surface area contributed by atoms with Crippen molar-refractivity contribution < 1.29 is 14.4 Å². The third kappa shape index (κ3) is 4.12. The average Bonchev–Trinajstić information content (AvgIpc) is 3.46. The topological polar surface area (TPSA) is 93.9 Å². The van der Waals surface area contributed by atoms with Gasteiger partial charge in [-0.15, -0.1) is 21.5 Å². The first-order valence-electron chi connectivity index (χ1n) is 10.2. The predicted molar refractivity (Wildman–Crippen MR) is 127 cm³/mol. The Morgan fingerprint density at radius 2 is 1.70 bits per heavy atom. The first-order chi connectivity index (χ1) is 16.0. The monoisotopic (exact) mass is 474 g/mol. The summed E-state index contributed by atoms with van der Waals surface area (Å²) in [7, 11) is 1.88. The molecule has 9 heteroatoms. The van der Waals surface area contributed by atoms with Crippen molar-refractivity contribution in [1.29, 1.82) is 0 Å². The normalized spacial score (nSPS) is 12.4. The zero-order valence-electron chi connectivity index (χ0n) is 17.6. The van der Waals surface area contributed by atoms with Crippen molar-refractivity contribution in [3.8, 4) is 0 Å². The number of aromatic nitrogens is 3. The van der Waals surface area contributed by atoms with Gasteiger partial charge in [-0.3, -0.25) is 14.4 Å². The number of anilines is 1. The number of fused-ring (bicyclic) bond motifs is 2. The third-order valence-electron chi connectivity index (χ3n) is 5.38. The van der Waals surface area contributed by atoms with E-state index in [0.717, 1.165) is 5.82 Å². The van der Waals surface area contributed by atoms with Crippen LogP contribution < -0.4 is 5.32 Å². The maximum atomic E-state index is 12.9. The third-order valence-corrected chi connectivity index (χ3v) is 7.28. The van der Waals surface area contributed by atoms with Crippen LogP contribution in [0.15, 0.2) is 65.1 Å². The maximum absolute atomic E-state index is 12.9. The molecule has 0 atom stereocenters. The Bertz CT molecular complexity index is 1390. The smallest absolute Gasteiger partial charge is 0.234 e. The molecule has 0 radical (unpaired) electrons. The Morgan fingerprint density at radius 1 is 0.970 bits per heavy atom. The minimum Gasteiger partial charge on any atom is -0.325 e. The minimum absolute atomic E-state index is 0.137. The van der Waals surface area contributed by atoms with Gasteiger partial charge in [0.25, 0.3) is 0 Å². The molecular weight excluding hydrogens is 456 g/mol. The molecule has 0 aliphatic heterocycles. The van der Waals surface area contributed by atoms with Gasteiger partial charge in [-0.25, -0.2) is 0 Å². The number of thioether (sulfide) groups is 1. The second-order valence-electron chi connectivity index (χ2n) is 7.52. The van der Waals surface area contributed by atoms with Gasteiger partial charge in [0.2, 0.25) is 5.91 Å². The van der Waals surface area contributed by atoms with Gasteiger partial charge < -0.3 is 9.88 Å². The number of thiophene rings is 1. The van der Waals surface area contributed by atoms with Gasteiger partial charge in [0.1, 0.15) is 5.82 Å². The number of amides is 1. The van der Waals surface area contributed by atoms with Crippen molar-refractivity contribution >= 4 is 46.3 Å². The van der Waals surface area contributed by atoms with Gasteiger partial charge in [0.05, 0.1) is 5.75 Å². The number of rotatable bonds is 6. The molecule has 0 bridgehead atoms. The molecule has 2 aromatic carbocycles. The van der Waals surface area contributed by atoms with E-state index in [1.165, 1.54) is 16.6 Å². The fraction of sp³-hybridized carbons (Fsp3) is 0.125. The largest absolute Gasteiger partial charge is 0.325 e. The lowest BCUT2D eigenvalue weighted by Gasteiger charge is -2.18. The molecule has 1 aliphatic rings. The maximum Gasteiger partial charge on any atom is 0.234 e. The van der Waals surface area contributed by atoms with E-state index in [2.05, 4.69) is 21.6 Å². The van der Waals surface area contributed by atoms with Crippen LogP contribution in [0.3, 0.4) is 0 Å². The van der Waals surface area contributed by atoms with E-state index in [0.29, 0.717) is 39.5 Å². The highest BCUT2D eigenvalue weighted by molar-refractivity contribution is 7.99. The molecule has 33 heavy (non-hydrogen) atoms. The Hall–Kier alpha value is -3.56. The number of hydrogen-bond donors (Lipinski definition) is 1. The number of carbonyl (C=O) groups excluding carboxylic acids is 3. The average molecular weight is 475 g/mol. The van der Waals surface area contributed by atoms with Crippen LogP contribution >= 0.6 is 23.1 Å². The van der Waals surface area contributed by atoms with Gasteiger partial charge in [-0.1, -0.05) is 42.1 Å². The molecular formula is C24H18N4O3S2. The number of nitrogens with zero attached hydrogens (tertiary/aromatic N) is 3. The van der Waals surface area contributed by atoms with E-state index < -0.39 is 0 Å². The molecule has 0 saturated carbocycles. The summed E-state index contributed by atoms with van der Waals surface area (Å²) in [6.45, 7) is 0. The van der Waals surface area contributed by atoms with Crippen LogP contribution in [0.25, 0.3) is 0 Å². The fourth-order valence-electron chi connectivity index (χ4n) is 3.70. The molecule has 1 N–H and O–H groups in total. The van der Waals surface area contributed by atoms with E-state index >= 15 is 0 Å². The SMILES string of the molecule is Cn1c(Cc2cccs2)nnc1SCC(=O)Nc1ccc2c(c1)C(=O)c1ccccc1C2=O. The second kappa shape index (κ2) is 8.76. The number of carbonyl (C=O) groups is 3. The molecule has 5 rings (SSSR count). The highest BCUT2D eigenvalue weighted by Gasteiger charge is 2.29. The molecule has 7 nitrogen and oxygen atoms in total. The van der Waals surface area contributed by atoms with Gasteiger partial charge in [0, 0.05) is 46.3 Å². The number of hydrogen-bond acceptors (Lipinski definition) is 7. The summed E-state index contributed by atoms with van der Waals surface area (Å²) in [5.74, 6) is 0.325. The fourth-order valence-corrected chi connectivity index (χ4v) is 5.13. The minimum atomic E-state index is -0.238. The molecule has 0 fully saturated rings. The van der Waals surface area contributed by atoms with E-state index in [9.17, 15) is 14.4 Å². The van der Waals surface area contributed by atoms with Crippen LogP contribution in [-0.2, 0) is 18.3 Å². The molecule has 2 heterocycles. The Balaban J connectivity index is 1.25. The molecule has 0 unspecified atom stereocenters. The Morgan fingerprint density at radius 3 is 2.42 bits per heavy atom. The van der Waals surface area contributed by atoms with Crippen molar-refractivity contribution in [3.63, 3.8) is 0 Å². The van der Waals surface area contributed by atoms with Crippen molar-refractivity contribution in [3.05, 3.63) is 92.9 Å². The molecule has 164 valence electrons. The van der Waals surface area contributed by atoms with Crippen LogP contribution in [0.2, 0.25) is 0 Å². The Kier molecular flexibility index (Phi) is 5.65. The summed E-state index contributed by atoms with van der Waals surface area (Å²) < 4.78 is 1.89. The molecule has 4 aromatic rings. The van der Waals surface area contributed by atoms with E-state index in [1.807, 2.05) is 23.1 Å². The zero-order valence-corrected chi connectivity index (χ0v) is 19.2. The van der Waals surface area contributed by atoms with Gasteiger partial charge in [0.15, 0.2) is 16.7 Å². The van der Waals surface area contributed by atoms with E-state index in [1.54, 1.807) is 53.8 Å². The number of ketones is 2. The highest BCUT2D eigenvalue weighted by Crippen LogP contribution is 2.29. The lowest BCUT2D eigenvalue weighted by Crippen LogP contribution is -2.21. The van der Waals surface area contributed by atoms with Gasteiger partial charge in [-0.2, -0.15) is 0 Å². The molecule has 0 saturated heterocycles. The standard InChI is InChI=1S/C24H18N4O3S2/c1-28-20(12-15-5-4-10-32-15)26-27-24(28)33-13-21(29)25-14-8-9-18-19(11-14)23(31)17-7-3-2-6-16(17)22(18)30/h2-11H,12-13H2,1H3,(H,25,29). The van der Waals surface area contributed by atoms with Crippen molar-refractivity contribution in [1.82, 2.24) is 14.8 Å². The molecule has 1 amide bonds. The summed E-state index contributed by atoms with van der Waals surface area (Å²) in [5.41, 5.74) is 1.91. The predicted octanol–water partition coefficient (Wildman–Crippen LogP) is 3.97. The van der Waals surface area contributed by atoms with Gasteiger partial charge in [-0.05, 0) is 29.6 Å². The van der Waals surface area contributed by atoms with Crippen LogP contribution in [0.5, 0.6) is 0 Å². The molecule has 0 spiro atoms. The quantitative estimate of drug-likeness (QED) is 0.374. The number of benzene rings is 2. The highest BCUT2D eigenvalue weighted by atomic mass is 32.2. The zero-order chi connectivity index (χ0) is 22.9. The summed E-state index contributed by atoms with van der Waals surface area (Å²) in [5, 5.41) is 13.9. The first-order valence-corrected chi connectivity index (χ1v) is 12.0. The van der Waals surface area contributed by atoms with E-state index in [-0.39, 0.29) is 23.2 Å². The second-order valence-corrected chi connectivity index (χ2v) is 9.49. The van der Waals surface area contributed by atoms with Crippen LogP contribution in [-0.4, -0.2) is 38.0 Å². The summed E-state index contributed by atoms with van der Waals surface area (Å²) in [6, 6.07) is 15.6. The van der Waals surface area contributed by atoms with Crippen molar-refractivity contribution in [2.75, 3.05) is 11.1 Å². The lowest BCUT2D eigenvalue weighted by atomic mass is 9.84. The summed E-state index contributed by atoms with van der Waals surface area (Å²) in [4.78, 5) is 39.3. The lowest BCUT2D eigenvalue weighted by molar-refractivity contribution is -0.113. The summed E-state index contributed by atoms with van der Waals surface area (Å²) >= 11 is 2.95. The van der Waals surface area contributed by atoms with Crippen molar-refractivity contribution in [2.45, 2.75) is 11.6 Å².